The number of hydrogen-bond donors (Lipinski definition) is 2. The highest BCUT2D eigenvalue weighted by atomic mass is 16.7. The molecule has 214 valence electrons. The molecule has 0 spiro atoms. The van der Waals surface area contributed by atoms with Crippen molar-refractivity contribution in [1.82, 2.24) is 5.06 Å². The zero-order valence-corrected chi connectivity index (χ0v) is 22.7. The first-order chi connectivity index (χ1) is 18.5. The Balaban J connectivity index is 1.12. The van der Waals surface area contributed by atoms with Crippen molar-refractivity contribution in [2.24, 2.45) is 34.5 Å². The molecule has 0 aromatic rings. The molecule has 5 fully saturated rings. The number of amides is 2. The molecule has 10 nitrogen and oxygen atoms in total. The number of esters is 1. The fraction of sp³-hybridized carbons (Fsp3) is 0.793. The maximum absolute atomic E-state index is 12.3. The summed E-state index contributed by atoms with van der Waals surface area (Å²) in [6.45, 7) is 4.23. The van der Waals surface area contributed by atoms with E-state index in [0.29, 0.717) is 23.8 Å². The quantitative estimate of drug-likeness (QED) is 0.393. The van der Waals surface area contributed by atoms with Crippen LogP contribution in [0.3, 0.4) is 0 Å². The number of aliphatic hydroxyl groups is 2. The van der Waals surface area contributed by atoms with Crippen molar-refractivity contribution in [3.05, 3.63) is 11.6 Å². The van der Waals surface area contributed by atoms with E-state index in [9.17, 15) is 29.4 Å². The van der Waals surface area contributed by atoms with Crippen LogP contribution in [0.5, 0.6) is 0 Å². The van der Waals surface area contributed by atoms with E-state index in [1.54, 1.807) is 6.08 Å². The third kappa shape index (κ3) is 4.00. The van der Waals surface area contributed by atoms with Gasteiger partial charge < -0.3 is 24.5 Å². The van der Waals surface area contributed by atoms with E-state index in [1.165, 1.54) is 0 Å². The van der Waals surface area contributed by atoms with E-state index in [1.807, 2.05) is 6.92 Å². The SMILES string of the molecule is CC12CCC(OCC(=O)ON3C(=O)CCC3=O)CC1CCC1C2CC(O)[C@]2(C)C(C3=CC(=O)OC3)CCC12O. The maximum Gasteiger partial charge on any atom is 0.358 e. The number of carbonyl (C=O) groups is 4. The van der Waals surface area contributed by atoms with Crippen LogP contribution in [0.4, 0.5) is 0 Å². The highest BCUT2D eigenvalue weighted by Gasteiger charge is 2.70. The number of ether oxygens (including phenoxy) is 2. The lowest BCUT2D eigenvalue weighted by molar-refractivity contribution is -0.246. The lowest BCUT2D eigenvalue weighted by atomic mass is 9.42. The lowest BCUT2D eigenvalue weighted by Crippen LogP contribution is -2.67. The number of cyclic esters (lactones) is 1. The summed E-state index contributed by atoms with van der Waals surface area (Å²) in [7, 11) is 0. The molecular weight excluding hydrogens is 506 g/mol. The minimum absolute atomic E-state index is 0.0492. The van der Waals surface area contributed by atoms with Gasteiger partial charge in [0.25, 0.3) is 11.8 Å². The second-order valence-corrected chi connectivity index (χ2v) is 13.1. The molecule has 2 N–H and O–H groups in total. The van der Waals surface area contributed by atoms with Gasteiger partial charge in [-0.25, -0.2) is 9.59 Å². The number of nitrogens with zero attached hydrogens (tertiary/aromatic N) is 1. The van der Waals surface area contributed by atoms with Gasteiger partial charge in [0.15, 0.2) is 0 Å². The first kappa shape index (κ1) is 26.9. The van der Waals surface area contributed by atoms with Gasteiger partial charge in [-0.15, -0.1) is 5.06 Å². The van der Waals surface area contributed by atoms with E-state index >= 15 is 0 Å². The minimum atomic E-state index is -1.01. The summed E-state index contributed by atoms with van der Waals surface area (Å²) in [5.41, 5.74) is -0.914. The van der Waals surface area contributed by atoms with Crippen molar-refractivity contribution in [1.29, 1.82) is 0 Å². The Labute approximate surface area is 228 Å². The van der Waals surface area contributed by atoms with E-state index in [4.69, 9.17) is 14.3 Å². The van der Waals surface area contributed by atoms with Crippen LogP contribution in [0.2, 0.25) is 0 Å². The second kappa shape index (κ2) is 9.38. The van der Waals surface area contributed by atoms with Crippen LogP contribution in [0, 0.1) is 34.5 Å². The van der Waals surface area contributed by atoms with Gasteiger partial charge in [0.1, 0.15) is 13.2 Å². The topological polar surface area (TPSA) is 140 Å². The molecule has 4 saturated carbocycles. The van der Waals surface area contributed by atoms with Crippen molar-refractivity contribution < 1.29 is 43.7 Å². The zero-order valence-electron chi connectivity index (χ0n) is 22.7. The number of fused-ring (bicyclic) bond motifs is 5. The van der Waals surface area contributed by atoms with Gasteiger partial charge in [-0.2, -0.15) is 0 Å². The van der Waals surface area contributed by atoms with Crippen LogP contribution in [0.25, 0.3) is 0 Å². The molecular formula is C29H39NO9. The molecule has 0 aromatic carbocycles. The molecule has 8 unspecified atom stereocenters. The number of imide groups is 1. The van der Waals surface area contributed by atoms with Crippen molar-refractivity contribution in [2.75, 3.05) is 13.2 Å². The van der Waals surface area contributed by atoms with Crippen molar-refractivity contribution in [3.8, 4) is 0 Å². The Morgan fingerprint density at radius 3 is 2.49 bits per heavy atom. The van der Waals surface area contributed by atoms with Gasteiger partial charge in [0.2, 0.25) is 0 Å². The molecule has 10 heteroatoms. The van der Waals surface area contributed by atoms with Crippen LogP contribution in [0.15, 0.2) is 11.6 Å². The number of hydroxylamine groups is 2. The van der Waals surface area contributed by atoms with Crippen molar-refractivity contribution in [3.63, 3.8) is 0 Å². The number of carbonyl (C=O) groups excluding carboxylic acids is 4. The van der Waals surface area contributed by atoms with Gasteiger partial charge in [-0.3, -0.25) is 9.59 Å². The molecule has 1 saturated heterocycles. The Hall–Kier alpha value is -2.30. The van der Waals surface area contributed by atoms with E-state index in [0.717, 1.165) is 44.1 Å². The fourth-order valence-corrected chi connectivity index (χ4v) is 9.47. The van der Waals surface area contributed by atoms with Gasteiger partial charge in [-0.05, 0) is 86.0 Å². The fourth-order valence-electron chi connectivity index (χ4n) is 9.47. The van der Waals surface area contributed by atoms with Crippen LogP contribution in [0.1, 0.15) is 78.1 Å². The van der Waals surface area contributed by atoms with Crippen LogP contribution in [-0.2, 0) is 33.5 Å². The number of hydrogen-bond acceptors (Lipinski definition) is 9. The third-order valence-corrected chi connectivity index (χ3v) is 11.7. The third-order valence-electron chi connectivity index (χ3n) is 11.7. The molecule has 2 heterocycles. The standard InChI is InChI=1S/C29H39NO9/c1-27-9-7-18(37-15-26(35)39-30-23(32)5-6-24(30)33)12-17(27)3-4-20-21(27)13-22(31)28(2)19(8-10-29(20,28)36)16-11-25(34)38-14-16/h11,17-22,31,36H,3-10,12-15H2,1-2H3/t17?,18?,19?,20?,21?,22?,27?,28-,29?/m0/s1. The molecule has 6 aliphatic rings. The average Bonchev–Trinajstić information content (AvgIpc) is 3.55. The van der Waals surface area contributed by atoms with Crippen LogP contribution in [-0.4, -0.2) is 70.1 Å². The number of aliphatic hydroxyl groups excluding tert-OH is 1. The Bertz CT molecular complexity index is 1100. The number of rotatable bonds is 5. The van der Waals surface area contributed by atoms with Crippen molar-refractivity contribution >= 4 is 23.8 Å². The Kier molecular flexibility index (Phi) is 6.47. The lowest BCUT2D eigenvalue weighted by Gasteiger charge is -2.65. The molecule has 39 heavy (non-hydrogen) atoms. The minimum Gasteiger partial charge on any atom is -0.458 e. The maximum atomic E-state index is 12.3. The summed E-state index contributed by atoms with van der Waals surface area (Å²) in [5.74, 6) is -1.64. The van der Waals surface area contributed by atoms with Gasteiger partial charge in [0.05, 0.1) is 17.8 Å². The first-order valence-electron chi connectivity index (χ1n) is 14.4. The van der Waals surface area contributed by atoms with E-state index in [-0.39, 0.29) is 61.3 Å². The van der Waals surface area contributed by atoms with Crippen molar-refractivity contribution in [2.45, 2.75) is 95.9 Å². The highest BCUT2D eigenvalue weighted by molar-refractivity contribution is 6.01. The molecule has 0 aromatic heterocycles. The molecule has 2 aliphatic heterocycles. The summed E-state index contributed by atoms with van der Waals surface area (Å²) in [4.78, 5) is 52.3. The van der Waals surface area contributed by atoms with Gasteiger partial charge >= 0.3 is 11.9 Å². The molecule has 0 radical (unpaired) electrons. The molecule has 6 rings (SSSR count). The Morgan fingerprint density at radius 2 is 1.79 bits per heavy atom. The van der Waals surface area contributed by atoms with E-state index in [2.05, 4.69) is 6.92 Å². The molecule has 0 bridgehead atoms. The smallest absolute Gasteiger partial charge is 0.358 e. The zero-order chi connectivity index (χ0) is 27.7. The predicted molar refractivity (Wildman–Crippen MR) is 134 cm³/mol. The van der Waals surface area contributed by atoms with E-state index < -0.39 is 34.9 Å². The summed E-state index contributed by atoms with van der Waals surface area (Å²) in [6, 6.07) is 0. The monoisotopic (exact) mass is 545 g/mol. The average molecular weight is 546 g/mol. The molecule has 2 amide bonds. The van der Waals surface area contributed by atoms with Crippen LogP contribution >= 0.6 is 0 Å². The second-order valence-electron chi connectivity index (χ2n) is 13.1. The van der Waals surface area contributed by atoms with Gasteiger partial charge in [-0.1, -0.05) is 13.8 Å². The van der Waals surface area contributed by atoms with Gasteiger partial charge in [0, 0.05) is 24.3 Å². The normalized spacial score (nSPS) is 45.4. The summed E-state index contributed by atoms with van der Waals surface area (Å²) in [5, 5.41) is 24.5. The first-order valence-corrected chi connectivity index (χ1v) is 14.4. The predicted octanol–water partition coefficient (Wildman–Crippen LogP) is 2.21. The molecule has 9 atom stereocenters. The largest absolute Gasteiger partial charge is 0.458 e. The summed E-state index contributed by atoms with van der Waals surface area (Å²) < 4.78 is 11.1. The van der Waals surface area contributed by atoms with Crippen LogP contribution < -0.4 is 0 Å². The highest BCUT2D eigenvalue weighted by Crippen LogP contribution is 2.70. The molecule has 4 aliphatic carbocycles. The Morgan fingerprint density at radius 1 is 1.05 bits per heavy atom. The summed E-state index contributed by atoms with van der Waals surface area (Å²) in [6.07, 6.45) is 6.94. The summed E-state index contributed by atoms with van der Waals surface area (Å²) >= 11 is 0.